The Morgan fingerprint density at radius 2 is 2.06 bits per heavy atom. The second kappa shape index (κ2) is 5.38. The van der Waals surface area contributed by atoms with Gasteiger partial charge < -0.3 is 5.11 Å². The van der Waals surface area contributed by atoms with Crippen molar-refractivity contribution in [1.29, 1.82) is 0 Å². The summed E-state index contributed by atoms with van der Waals surface area (Å²) in [6, 6.07) is 3.92. The summed E-state index contributed by atoms with van der Waals surface area (Å²) in [4.78, 5) is 9.78. The molecule has 3 nitrogen and oxygen atoms in total. The number of aryl methyl sites for hydroxylation is 1. The van der Waals surface area contributed by atoms with Crippen LogP contribution in [0.15, 0.2) is 24.5 Å². The highest BCUT2D eigenvalue weighted by Crippen LogP contribution is 2.33. The van der Waals surface area contributed by atoms with Crippen LogP contribution in [0.25, 0.3) is 10.6 Å². The van der Waals surface area contributed by atoms with E-state index in [0.29, 0.717) is 0 Å². The van der Waals surface area contributed by atoms with Gasteiger partial charge in [-0.1, -0.05) is 6.92 Å². The fourth-order valence-electron chi connectivity index (χ4n) is 1.80. The van der Waals surface area contributed by atoms with Gasteiger partial charge in [0.05, 0.1) is 12.3 Å². The lowest BCUT2D eigenvalue weighted by atomic mass is 10.1. The van der Waals surface area contributed by atoms with Crippen LogP contribution in [0.3, 0.4) is 0 Å². The molecule has 0 saturated carbocycles. The quantitative estimate of drug-likeness (QED) is 0.904. The van der Waals surface area contributed by atoms with Gasteiger partial charge in [-0.25, -0.2) is 4.98 Å². The second-order valence-electron chi connectivity index (χ2n) is 3.99. The monoisotopic (exact) mass is 248 g/mol. The van der Waals surface area contributed by atoms with Crippen molar-refractivity contribution in [3.8, 4) is 10.6 Å². The topological polar surface area (TPSA) is 46.0 Å². The minimum absolute atomic E-state index is 0.190. The average molecular weight is 248 g/mol. The first-order valence-corrected chi connectivity index (χ1v) is 6.56. The molecule has 0 aliphatic carbocycles. The van der Waals surface area contributed by atoms with Crippen LogP contribution in [-0.4, -0.2) is 21.7 Å². The highest BCUT2D eigenvalue weighted by Gasteiger charge is 2.16. The minimum atomic E-state index is 0.190. The maximum Gasteiger partial charge on any atom is 0.123 e. The first-order valence-electron chi connectivity index (χ1n) is 5.74. The summed E-state index contributed by atoms with van der Waals surface area (Å²) in [6.07, 6.45) is 4.49. The summed E-state index contributed by atoms with van der Waals surface area (Å²) in [5.41, 5.74) is 2.12. The summed E-state index contributed by atoms with van der Waals surface area (Å²) in [6.45, 7) is 4.29. The number of rotatable bonds is 4. The number of nitrogens with zero attached hydrogens (tertiary/aromatic N) is 2. The molecule has 2 heterocycles. The predicted molar refractivity (Wildman–Crippen MR) is 70.2 cm³/mol. The van der Waals surface area contributed by atoms with E-state index in [2.05, 4.69) is 16.9 Å². The minimum Gasteiger partial charge on any atom is -0.396 e. The van der Waals surface area contributed by atoms with Crippen LogP contribution < -0.4 is 0 Å². The summed E-state index contributed by atoms with van der Waals surface area (Å²) in [5.74, 6) is 0.211. The zero-order chi connectivity index (χ0) is 12.3. The molecule has 1 N–H and O–H groups in total. The Morgan fingerprint density at radius 1 is 1.35 bits per heavy atom. The van der Waals surface area contributed by atoms with Crippen molar-refractivity contribution in [2.75, 3.05) is 6.61 Å². The van der Waals surface area contributed by atoms with Crippen molar-refractivity contribution in [2.45, 2.75) is 26.2 Å². The number of hydrogen-bond acceptors (Lipinski definition) is 4. The standard InChI is InChI=1S/C13H16N2OS/c1-3-10(8-16)12-9(2)15-13(17-12)11-4-6-14-7-5-11/h4-7,10,16H,3,8H2,1-2H3. The molecule has 2 aromatic heterocycles. The van der Waals surface area contributed by atoms with Gasteiger partial charge in [0.1, 0.15) is 5.01 Å². The fourth-order valence-corrected chi connectivity index (χ4v) is 3.05. The van der Waals surface area contributed by atoms with E-state index in [9.17, 15) is 5.11 Å². The van der Waals surface area contributed by atoms with Gasteiger partial charge in [-0.3, -0.25) is 4.98 Å². The van der Waals surface area contributed by atoms with Crippen LogP contribution in [0.5, 0.6) is 0 Å². The number of hydrogen-bond donors (Lipinski definition) is 1. The van der Waals surface area contributed by atoms with Crippen LogP contribution in [0.2, 0.25) is 0 Å². The number of thiazole rings is 1. The molecule has 0 aliphatic rings. The molecule has 90 valence electrons. The number of pyridine rings is 1. The van der Waals surface area contributed by atoms with E-state index >= 15 is 0 Å². The van der Waals surface area contributed by atoms with Gasteiger partial charge >= 0.3 is 0 Å². The maximum atomic E-state index is 9.35. The summed E-state index contributed by atoms with van der Waals surface area (Å²) < 4.78 is 0. The highest BCUT2D eigenvalue weighted by molar-refractivity contribution is 7.15. The van der Waals surface area contributed by atoms with E-state index in [1.165, 1.54) is 4.88 Å². The van der Waals surface area contributed by atoms with Gasteiger partial charge in [0.25, 0.3) is 0 Å². The Balaban J connectivity index is 2.37. The molecule has 0 amide bonds. The van der Waals surface area contributed by atoms with Gasteiger partial charge in [0, 0.05) is 28.8 Å². The van der Waals surface area contributed by atoms with Gasteiger partial charge in [-0.05, 0) is 25.5 Å². The molecule has 0 radical (unpaired) electrons. The van der Waals surface area contributed by atoms with Crippen molar-refractivity contribution >= 4 is 11.3 Å². The third-order valence-corrected chi connectivity index (χ3v) is 4.21. The van der Waals surface area contributed by atoms with Gasteiger partial charge in [-0.2, -0.15) is 0 Å². The summed E-state index contributed by atoms with van der Waals surface area (Å²) >= 11 is 1.67. The number of aliphatic hydroxyl groups is 1. The summed E-state index contributed by atoms with van der Waals surface area (Å²) in [5, 5.41) is 10.4. The molecule has 0 fully saturated rings. The molecule has 4 heteroatoms. The van der Waals surface area contributed by atoms with Crippen LogP contribution in [0.4, 0.5) is 0 Å². The summed E-state index contributed by atoms with van der Waals surface area (Å²) in [7, 11) is 0. The van der Waals surface area contributed by atoms with Crippen molar-refractivity contribution in [3.63, 3.8) is 0 Å². The lowest BCUT2D eigenvalue weighted by molar-refractivity contribution is 0.263. The van der Waals surface area contributed by atoms with Crippen LogP contribution in [0, 0.1) is 6.92 Å². The van der Waals surface area contributed by atoms with E-state index in [0.717, 1.165) is 22.7 Å². The molecular formula is C13H16N2OS. The van der Waals surface area contributed by atoms with Crippen molar-refractivity contribution in [2.24, 2.45) is 0 Å². The lowest BCUT2D eigenvalue weighted by Gasteiger charge is -2.08. The van der Waals surface area contributed by atoms with E-state index in [1.54, 1.807) is 23.7 Å². The third kappa shape index (κ3) is 2.53. The third-order valence-electron chi connectivity index (χ3n) is 2.84. The lowest BCUT2D eigenvalue weighted by Crippen LogP contribution is -2.01. The molecule has 0 aliphatic heterocycles. The predicted octanol–water partition coefficient (Wildman–Crippen LogP) is 3.00. The first kappa shape index (κ1) is 12.2. The SMILES string of the molecule is CCC(CO)c1sc(-c2ccncc2)nc1C. The number of aromatic nitrogens is 2. The molecule has 1 atom stereocenters. The van der Waals surface area contributed by atoms with Gasteiger partial charge in [0.15, 0.2) is 0 Å². The Kier molecular flexibility index (Phi) is 3.86. The van der Waals surface area contributed by atoms with E-state index in [-0.39, 0.29) is 12.5 Å². The molecule has 0 bridgehead atoms. The molecule has 2 rings (SSSR count). The van der Waals surface area contributed by atoms with Crippen molar-refractivity contribution in [1.82, 2.24) is 9.97 Å². The highest BCUT2D eigenvalue weighted by atomic mass is 32.1. The molecule has 17 heavy (non-hydrogen) atoms. The zero-order valence-corrected chi connectivity index (χ0v) is 10.9. The van der Waals surface area contributed by atoms with E-state index in [1.807, 2.05) is 19.1 Å². The molecule has 0 spiro atoms. The van der Waals surface area contributed by atoms with Crippen molar-refractivity contribution < 1.29 is 5.11 Å². The van der Waals surface area contributed by atoms with Gasteiger partial charge in [-0.15, -0.1) is 11.3 Å². The second-order valence-corrected chi connectivity index (χ2v) is 5.02. The smallest absolute Gasteiger partial charge is 0.123 e. The van der Waals surface area contributed by atoms with Crippen LogP contribution >= 0.6 is 11.3 Å². The first-order chi connectivity index (χ1) is 8.26. The average Bonchev–Trinajstić information content (AvgIpc) is 2.75. The zero-order valence-electron chi connectivity index (χ0n) is 10.1. The van der Waals surface area contributed by atoms with E-state index in [4.69, 9.17) is 0 Å². The van der Waals surface area contributed by atoms with Crippen LogP contribution in [-0.2, 0) is 0 Å². The normalized spacial score (nSPS) is 12.6. The molecular weight excluding hydrogens is 232 g/mol. The molecule has 0 saturated heterocycles. The maximum absolute atomic E-state index is 9.35. The Morgan fingerprint density at radius 3 is 2.65 bits per heavy atom. The van der Waals surface area contributed by atoms with Gasteiger partial charge in [0.2, 0.25) is 0 Å². The largest absolute Gasteiger partial charge is 0.396 e. The molecule has 0 aromatic carbocycles. The van der Waals surface area contributed by atoms with Crippen LogP contribution in [0.1, 0.15) is 29.8 Å². The Hall–Kier alpha value is -1.26. The Labute approximate surface area is 105 Å². The Bertz CT molecular complexity index is 477. The number of aliphatic hydroxyl groups excluding tert-OH is 1. The van der Waals surface area contributed by atoms with E-state index < -0.39 is 0 Å². The molecule has 2 aromatic rings. The molecule has 1 unspecified atom stereocenters. The van der Waals surface area contributed by atoms with Crippen molar-refractivity contribution in [3.05, 3.63) is 35.1 Å². The fraction of sp³-hybridized carbons (Fsp3) is 0.385.